The summed E-state index contributed by atoms with van der Waals surface area (Å²) in [6.07, 6.45) is 0.584. The van der Waals surface area contributed by atoms with E-state index in [1.165, 1.54) is 0 Å². The van der Waals surface area contributed by atoms with Gasteiger partial charge in [-0.25, -0.2) is 23.4 Å². The Kier molecular flexibility index (Phi) is 5.88. The fourth-order valence-electron chi connectivity index (χ4n) is 3.81. The number of nitrogens with one attached hydrogen (secondary N) is 1. The number of fused-ring (bicyclic) bond motifs is 1. The van der Waals surface area contributed by atoms with Crippen molar-refractivity contribution >= 4 is 32.7 Å². The Morgan fingerprint density at radius 1 is 0.800 bits per heavy atom. The Labute approximate surface area is 203 Å². The molecular weight excluding hydrogens is 458 g/mol. The van der Waals surface area contributed by atoms with E-state index in [4.69, 9.17) is 10.7 Å². The summed E-state index contributed by atoms with van der Waals surface area (Å²) in [6.45, 7) is 1.91. The molecule has 0 aliphatic carbocycles. The summed E-state index contributed by atoms with van der Waals surface area (Å²) in [5.74, 6) is 0.211. The maximum absolute atomic E-state index is 12.7. The average molecular weight is 482 g/mol. The van der Waals surface area contributed by atoms with Crippen molar-refractivity contribution in [1.82, 2.24) is 15.0 Å². The second-order valence-electron chi connectivity index (χ2n) is 8.25. The zero-order valence-electron chi connectivity index (χ0n) is 19.0. The maximum atomic E-state index is 12.7. The summed E-state index contributed by atoms with van der Waals surface area (Å²) in [5.41, 5.74) is 12.2. The number of nitrogen functional groups attached to an aromatic ring is 1. The third-order valence-electron chi connectivity index (χ3n) is 5.61. The van der Waals surface area contributed by atoms with Gasteiger partial charge in [0.25, 0.3) is 10.0 Å². The number of pyridine rings is 1. The number of aromatic nitrogens is 3. The molecule has 0 unspecified atom stereocenters. The first-order valence-corrected chi connectivity index (χ1v) is 12.5. The summed E-state index contributed by atoms with van der Waals surface area (Å²) < 4.78 is 28.0. The van der Waals surface area contributed by atoms with Crippen LogP contribution in [0.15, 0.2) is 95.9 Å². The molecule has 35 heavy (non-hydrogen) atoms. The van der Waals surface area contributed by atoms with Gasteiger partial charge in [0, 0.05) is 17.7 Å². The van der Waals surface area contributed by atoms with Crippen molar-refractivity contribution in [2.24, 2.45) is 0 Å². The van der Waals surface area contributed by atoms with Gasteiger partial charge in [-0.15, -0.1) is 0 Å². The van der Waals surface area contributed by atoms with Crippen LogP contribution < -0.4 is 10.5 Å². The van der Waals surface area contributed by atoms with Crippen molar-refractivity contribution in [3.63, 3.8) is 0 Å². The lowest BCUT2D eigenvalue weighted by atomic mass is 10.1. The van der Waals surface area contributed by atoms with E-state index >= 15 is 0 Å². The quantitative estimate of drug-likeness (QED) is 0.354. The van der Waals surface area contributed by atoms with Crippen LogP contribution in [0.2, 0.25) is 0 Å². The number of hydrogen-bond acceptors (Lipinski definition) is 6. The van der Waals surface area contributed by atoms with E-state index in [-0.39, 0.29) is 10.8 Å². The number of nitrogens with zero attached hydrogens (tertiary/aromatic N) is 3. The molecule has 2 heterocycles. The van der Waals surface area contributed by atoms with Crippen molar-refractivity contribution < 1.29 is 8.42 Å². The van der Waals surface area contributed by atoms with Gasteiger partial charge in [-0.1, -0.05) is 60.2 Å². The number of nitrogens with two attached hydrogens (primary N) is 1. The molecule has 3 aromatic carbocycles. The zero-order valence-corrected chi connectivity index (χ0v) is 19.8. The third-order valence-corrected chi connectivity index (χ3v) is 7.01. The number of anilines is 2. The van der Waals surface area contributed by atoms with Crippen molar-refractivity contribution in [2.45, 2.75) is 18.2 Å². The van der Waals surface area contributed by atoms with Gasteiger partial charge in [0.2, 0.25) is 5.95 Å². The van der Waals surface area contributed by atoms with E-state index in [2.05, 4.69) is 14.7 Å². The highest BCUT2D eigenvalue weighted by atomic mass is 32.2. The molecule has 0 aliphatic rings. The lowest BCUT2D eigenvalue weighted by molar-refractivity contribution is 0.601. The number of rotatable bonds is 6. The van der Waals surface area contributed by atoms with Crippen LogP contribution in [-0.2, 0) is 16.4 Å². The highest BCUT2D eigenvalue weighted by Crippen LogP contribution is 2.25. The first-order valence-electron chi connectivity index (χ1n) is 11.0. The Balaban J connectivity index is 1.44. The Morgan fingerprint density at radius 3 is 2.23 bits per heavy atom. The van der Waals surface area contributed by atoms with Crippen LogP contribution in [0, 0.1) is 6.92 Å². The van der Waals surface area contributed by atoms with E-state index in [1.54, 1.807) is 36.4 Å². The standard InChI is InChI=1S/C27H23N5O2S/c1-18-7-13-22(14-8-18)35(33,34)32-21-11-9-20(10-12-21)23-15-16-24-26(29-23)25(31-27(28)30-24)17-19-5-3-2-4-6-19/h2-16,32H,17H2,1H3,(H2,28,30,31). The Morgan fingerprint density at radius 2 is 1.51 bits per heavy atom. The summed E-state index contributed by atoms with van der Waals surface area (Å²) >= 11 is 0. The van der Waals surface area contributed by atoms with E-state index in [0.717, 1.165) is 28.1 Å². The Bertz CT molecular complexity index is 1600. The van der Waals surface area contributed by atoms with Crippen LogP contribution >= 0.6 is 0 Å². The smallest absolute Gasteiger partial charge is 0.261 e. The van der Waals surface area contributed by atoms with Crippen LogP contribution in [0.25, 0.3) is 22.3 Å². The first-order chi connectivity index (χ1) is 16.9. The minimum Gasteiger partial charge on any atom is -0.368 e. The molecule has 0 spiro atoms. The molecule has 7 nitrogen and oxygen atoms in total. The van der Waals surface area contributed by atoms with Crippen LogP contribution in [0.1, 0.15) is 16.8 Å². The SMILES string of the molecule is Cc1ccc(S(=O)(=O)Nc2ccc(-c3ccc4nc(N)nc(Cc5ccccc5)c4n3)cc2)cc1. The van der Waals surface area contributed by atoms with Crippen LogP contribution in [0.3, 0.4) is 0 Å². The summed E-state index contributed by atoms with van der Waals surface area (Å²) in [4.78, 5) is 13.8. The fraction of sp³-hybridized carbons (Fsp3) is 0.0741. The second kappa shape index (κ2) is 9.15. The van der Waals surface area contributed by atoms with E-state index in [9.17, 15) is 8.42 Å². The summed E-state index contributed by atoms with van der Waals surface area (Å²) in [7, 11) is -3.67. The van der Waals surface area contributed by atoms with Gasteiger partial charge in [0.15, 0.2) is 0 Å². The van der Waals surface area contributed by atoms with Crippen molar-refractivity contribution in [2.75, 3.05) is 10.5 Å². The zero-order chi connectivity index (χ0) is 24.4. The second-order valence-corrected chi connectivity index (χ2v) is 9.93. The molecule has 3 N–H and O–H groups in total. The summed E-state index contributed by atoms with van der Waals surface area (Å²) in [5, 5.41) is 0. The number of aryl methyl sites for hydroxylation is 1. The molecular formula is C27H23N5O2S. The van der Waals surface area contributed by atoms with E-state index in [1.807, 2.05) is 61.5 Å². The van der Waals surface area contributed by atoms with Crippen molar-refractivity contribution in [1.29, 1.82) is 0 Å². The molecule has 5 aromatic rings. The highest BCUT2D eigenvalue weighted by Gasteiger charge is 2.15. The Hall–Kier alpha value is -4.30. The molecule has 2 aromatic heterocycles. The van der Waals surface area contributed by atoms with Crippen LogP contribution in [0.5, 0.6) is 0 Å². The molecule has 0 aliphatic heterocycles. The van der Waals surface area contributed by atoms with Gasteiger partial charge in [-0.05, 0) is 48.9 Å². The maximum Gasteiger partial charge on any atom is 0.261 e. The first kappa shape index (κ1) is 22.5. The highest BCUT2D eigenvalue weighted by molar-refractivity contribution is 7.92. The van der Waals surface area contributed by atoms with E-state index in [0.29, 0.717) is 23.1 Å². The molecule has 0 fully saturated rings. The minimum atomic E-state index is -3.67. The summed E-state index contributed by atoms with van der Waals surface area (Å²) in [6, 6.07) is 27.6. The van der Waals surface area contributed by atoms with Gasteiger partial charge in [-0.2, -0.15) is 0 Å². The van der Waals surface area contributed by atoms with Gasteiger partial charge in [0.1, 0.15) is 5.52 Å². The van der Waals surface area contributed by atoms with Gasteiger partial charge in [-0.3, -0.25) is 4.72 Å². The van der Waals surface area contributed by atoms with E-state index < -0.39 is 10.0 Å². The predicted octanol–water partition coefficient (Wildman–Crippen LogP) is 4.97. The molecule has 174 valence electrons. The number of benzene rings is 3. The molecule has 0 saturated heterocycles. The lowest BCUT2D eigenvalue weighted by Gasteiger charge is -2.10. The van der Waals surface area contributed by atoms with Crippen LogP contribution in [0.4, 0.5) is 11.6 Å². The van der Waals surface area contributed by atoms with Crippen LogP contribution in [-0.4, -0.2) is 23.4 Å². The molecule has 0 radical (unpaired) electrons. The largest absolute Gasteiger partial charge is 0.368 e. The third kappa shape index (κ3) is 4.97. The molecule has 0 saturated carbocycles. The van der Waals surface area contributed by atoms with Gasteiger partial charge in [0.05, 0.1) is 21.8 Å². The van der Waals surface area contributed by atoms with Gasteiger partial charge < -0.3 is 5.73 Å². The molecule has 0 amide bonds. The number of sulfonamides is 1. The number of hydrogen-bond donors (Lipinski definition) is 2. The monoisotopic (exact) mass is 481 g/mol. The lowest BCUT2D eigenvalue weighted by Crippen LogP contribution is -2.12. The molecule has 5 rings (SSSR count). The average Bonchev–Trinajstić information content (AvgIpc) is 2.85. The van der Waals surface area contributed by atoms with Crippen molar-refractivity contribution in [3.05, 3.63) is 108 Å². The normalized spacial score (nSPS) is 11.5. The fourth-order valence-corrected chi connectivity index (χ4v) is 4.87. The van der Waals surface area contributed by atoms with Gasteiger partial charge >= 0.3 is 0 Å². The minimum absolute atomic E-state index is 0.211. The predicted molar refractivity (Wildman–Crippen MR) is 138 cm³/mol. The van der Waals surface area contributed by atoms with Crippen molar-refractivity contribution in [3.8, 4) is 11.3 Å². The molecule has 0 bridgehead atoms. The molecule has 8 heteroatoms. The topological polar surface area (TPSA) is 111 Å². The molecule has 0 atom stereocenters.